The Hall–Kier alpha value is -1.41. The molecule has 0 saturated heterocycles. The molecular formula is C14H18N2O3S2. The summed E-state index contributed by atoms with van der Waals surface area (Å²) in [5.41, 5.74) is 0.852. The molecule has 0 atom stereocenters. The van der Waals surface area contributed by atoms with E-state index >= 15 is 0 Å². The van der Waals surface area contributed by atoms with Gasteiger partial charge < -0.3 is 10.1 Å². The van der Waals surface area contributed by atoms with Crippen LogP contribution in [0.15, 0.2) is 40.6 Å². The number of benzene rings is 1. The molecule has 0 aliphatic heterocycles. The number of ether oxygens (including phenoxy) is 1. The molecule has 0 radical (unpaired) electrons. The van der Waals surface area contributed by atoms with E-state index in [1.54, 1.807) is 13.2 Å². The third-order valence-corrected chi connectivity index (χ3v) is 5.83. The molecular weight excluding hydrogens is 308 g/mol. The molecule has 0 saturated carbocycles. The van der Waals surface area contributed by atoms with Crippen LogP contribution in [0, 0.1) is 0 Å². The zero-order valence-electron chi connectivity index (χ0n) is 11.9. The van der Waals surface area contributed by atoms with Gasteiger partial charge in [-0.2, -0.15) is 0 Å². The highest BCUT2D eigenvalue weighted by Gasteiger charge is 2.16. The van der Waals surface area contributed by atoms with Crippen molar-refractivity contribution < 1.29 is 13.2 Å². The van der Waals surface area contributed by atoms with E-state index in [1.807, 2.05) is 37.4 Å². The molecule has 0 unspecified atom stereocenters. The number of sulfonamides is 1. The first-order valence-corrected chi connectivity index (χ1v) is 8.71. The van der Waals surface area contributed by atoms with Gasteiger partial charge in [0.05, 0.1) is 7.11 Å². The van der Waals surface area contributed by atoms with Crippen molar-refractivity contribution in [1.82, 2.24) is 10.0 Å². The molecule has 114 valence electrons. The van der Waals surface area contributed by atoms with E-state index in [-0.39, 0.29) is 6.54 Å². The van der Waals surface area contributed by atoms with Gasteiger partial charge in [0.15, 0.2) is 0 Å². The monoisotopic (exact) mass is 326 g/mol. The second-order valence-corrected chi connectivity index (χ2v) is 7.59. The molecule has 5 nitrogen and oxygen atoms in total. The second kappa shape index (κ2) is 7.04. The van der Waals surface area contributed by atoms with E-state index in [4.69, 9.17) is 4.74 Å². The lowest BCUT2D eigenvalue weighted by molar-refractivity contribution is 0.414. The van der Waals surface area contributed by atoms with Gasteiger partial charge in [-0.25, -0.2) is 13.1 Å². The van der Waals surface area contributed by atoms with Crippen LogP contribution in [0.1, 0.15) is 10.4 Å². The maximum atomic E-state index is 12.2. The van der Waals surface area contributed by atoms with Crippen molar-refractivity contribution in [2.24, 2.45) is 0 Å². The minimum Gasteiger partial charge on any atom is -0.497 e. The molecule has 0 fully saturated rings. The predicted octanol–water partition coefficient (Wildman–Crippen LogP) is 1.95. The Morgan fingerprint density at radius 1 is 1.19 bits per heavy atom. The number of hydrogen-bond acceptors (Lipinski definition) is 5. The van der Waals surface area contributed by atoms with Gasteiger partial charge in [0, 0.05) is 18.0 Å². The minimum absolute atomic E-state index is 0.235. The molecule has 2 aromatic rings. The number of rotatable bonds is 7. The topological polar surface area (TPSA) is 67.4 Å². The molecule has 1 aromatic carbocycles. The molecule has 1 heterocycles. The molecule has 0 amide bonds. The Kier molecular flexibility index (Phi) is 5.35. The third kappa shape index (κ3) is 4.28. The molecule has 21 heavy (non-hydrogen) atoms. The fourth-order valence-corrected chi connectivity index (χ4v) is 4.23. The number of hydrogen-bond donors (Lipinski definition) is 2. The van der Waals surface area contributed by atoms with Crippen LogP contribution in [0.2, 0.25) is 0 Å². The zero-order valence-corrected chi connectivity index (χ0v) is 13.6. The molecule has 2 N–H and O–H groups in total. The average molecular weight is 326 g/mol. The van der Waals surface area contributed by atoms with Crippen LogP contribution >= 0.6 is 11.3 Å². The highest BCUT2D eigenvalue weighted by Crippen LogP contribution is 2.21. The van der Waals surface area contributed by atoms with Gasteiger partial charge in [-0.15, -0.1) is 11.3 Å². The number of methoxy groups -OCH3 is 1. The first-order chi connectivity index (χ1) is 10.0. The molecule has 0 aliphatic carbocycles. The van der Waals surface area contributed by atoms with Gasteiger partial charge in [-0.05, 0) is 36.9 Å². The van der Waals surface area contributed by atoms with E-state index in [0.717, 1.165) is 10.4 Å². The van der Waals surface area contributed by atoms with E-state index < -0.39 is 10.0 Å². The lowest BCUT2D eigenvalue weighted by Gasteiger charge is -2.06. The summed E-state index contributed by atoms with van der Waals surface area (Å²) in [5, 5.41) is 3.00. The Morgan fingerprint density at radius 3 is 2.71 bits per heavy atom. The molecule has 0 aliphatic rings. The Labute approximate surface area is 129 Å². The molecule has 2 rings (SSSR count). The van der Waals surface area contributed by atoms with Crippen LogP contribution < -0.4 is 14.8 Å². The van der Waals surface area contributed by atoms with Crippen molar-refractivity contribution in [2.75, 3.05) is 14.2 Å². The van der Waals surface area contributed by atoms with E-state index in [0.29, 0.717) is 16.5 Å². The molecule has 7 heteroatoms. The van der Waals surface area contributed by atoms with Gasteiger partial charge in [0.2, 0.25) is 10.0 Å². The average Bonchev–Trinajstić information content (AvgIpc) is 2.95. The fraction of sp³-hybridized carbons (Fsp3) is 0.286. The summed E-state index contributed by atoms with van der Waals surface area (Å²) in [5.74, 6) is 0.708. The summed E-state index contributed by atoms with van der Waals surface area (Å²) in [6, 6.07) is 10.8. The Bertz CT molecular complexity index is 696. The lowest BCUT2D eigenvalue weighted by Crippen LogP contribution is -2.22. The molecule has 0 spiro atoms. The highest BCUT2D eigenvalue weighted by atomic mass is 32.2. The van der Waals surface area contributed by atoms with E-state index in [9.17, 15) is 8.42 Å². The van der Waals surface area contributed by atoms with Crippen LogP contribution in [-0.2, 0) is 23.1 Å². The van der Waals surface area contributed by atoms with Gasteiger partial charge in [0.25, 0.3) is 0 Å². The normalized spacial score (nSPS) is 11.5. The highest BCUT2D eigenvalue weighted by molar-refractivity contribution is 7.91. The summed E-state index contributed by atoms with van der Waals surface area (Å²) in [6.45, 7) is 0.898. The Morgan fingerprint density at radius 2 is 2.00 bits per heavy atom. The van der Waals surface area contributed by atoms with Gasteiger partial charge in [0.1, 0.15) is 9.96 Å². The first kappa shape index (κ1) is 16.0. The van der Waals surface area contributed by atoms with Crippen LogP contribution in [-0.4, -0.2) is 22.6 Å². The maximum absolute atomic E-state index is 12.2. The van der Waals surface area contributed by atoms with Crippen LogP contribution in [0.25, 0.3) is 0 Å². The fourth-order valence-electron chi connectivity index (χ4n) is 1.80. The second-order valence-electron chi connectivity index (χ2n) is 4.43. The largest absolute Gasteiger partial charge is 0.497 e. The van der Waals surface area contributed by atoms with Gasteiger partial charge in [-0.3, -0.25) is 0 Å². The smallest absolute Gasteiger partial charge is 0.250 e. The minimum atomic E-state index is -3.48. The third-order valence-electron chi connectivity index (χ3n) is 2.85. The lowest BCUT2D eigenvalue weighted by atomic mass is 10.2. The summed E-state index contributed by atoms with van der Waals surface area (Å²) in [4.78, 5) is 0.985. The van der Waals surface area contributed by atoms with Crippen molar-refractivity contribution in [3.05, 3.63) is 46.8 Å². The SMILES string of the molecule is CNCc1ccc(S(=O)(=O)NCc2cccc(OC)c2)s1. The van der Waals surface area contributed by atoms with E-state index in [2.05, 4.69) is 10.0 Å². The van der Waals surface area contributed by atoms with Gasteiger partial charge in [-0.1, -0.05) is 12.1 Å². The molecule has 0 bridgehead atoms. The predicted molar refractivity (Wildman–Crippen MR) is 84.1 cm³/mol. The van der Waals surface area contributed by atoms with Gasteiger partial charge >= 0.3 is 0 Å². The standard InChI is InChI=1S/C14H18N2O3S2/c1-15-10-13-6-7-14(20-13)21(17,18)16-9-11-4-3-5-12(8-11)19-2/h3-8,15-16H,9-10H2,1-2H3. The summed E-state index contributed by atoms with van der Waals surface area (Å²) < 4.78 is 32.5. The summed E-state index contributed by atoms with van der Waals surface area (Å²) in [6.07, 6.45) is 0. The summed E-state index contributed by atoms with van der Waals surface area (Å²) >= 11 is 1.27. The number of thiophene rings is 1. The van der Waals surface area contributed by atoms with Crippen molar-refractivity contribution in [3.63, 3.8) is 0 Å². The first-order valence-electron chi connectivity index (χ1n) is 6.41. The quantitative estimate of drug-likeness (QED) is 0.816. The number of nitrogens with one attached hydrogen (secondary N) is 2. The van der Waals surface area contributed by atoms with E-state index in [1.165, 1.54) is 11.3 Å². The Balaban J connectivity index is 2.06. The molecule has 1 aromatic heterocycles. The maximum Gasteiger partial charge on any atom is 0.250 e. The van der Waals surface area contributed by atoms with Crippen molar-refractivity contribution >= 4 is 21.4 Å². The summed E-state index contributed by atoms with van der Waals surface area (Å²) in [7, 11) is -0.0657. The van der Waals surface area contributed by atoms with Crippen molar-refractivity contribution in [2.45, 2.75) is 17.3 Å². The van der Waals surface area contributed by atoms with Crippen LogP contribution in [0.5, 0.6) is 5.75 Å². The van der Waals surface area contributed by atoms with Crippen LogP contribution in [0.4, 0.5) is 0 Å². The zero-order chi connectivity index (χ0) is 15.3. The van der Waals surface area contributed by atoms with Crippen LogP contribution in [0.3, 0.4) is 0 Å². The van der Waals surface area contributed by atoms with Crippen molar-refractivity contribution in [3.8, 4) is 5.75 Å². The van der Waals surface area contributed by atoms with Crippen molar-refractivity contribution in [1.29, 1.82) is 0 Å².